The monoisotopic (exact) mass is 260 g/mol. The molecule has 0 aliphatic rings. The van der Waals surface area contributed by atoms with Crippen molar-refractivity contribution < 1.29 is 19.5 Å². The zero-order valence-electron chi connectivity index (χ0n) is 12.4. The van der Waals surface area contributed by atoms with Crippen LogP contribution in [0.5, 0.6) is 0 Å². The molecule has 0 saturated heterocycles. The third-order valence-corrected chi connectivity index (χ3v) is 3.59. The maximum atomic E-state index is 11.2. The largest absolute Gasteiger partial charge is 0.477 e. The topological polar surface area (TPSA) is 57.5 Å². The highest BCUT2D eigenvalue weighted by Gasteiger charge is 2.34. The summed E-state index contributed by atoms with van der Waals surface area (Å²) in [6, 6.07) is -0.435. The minimum absolute atomic E-state index is 0.348. The molecule has 0 saturated carbocycles. The van der Waals surface area contributed by atoms with Crippen molar-refractivity contribution >= 4 is 5.97 Å². The van der Waals surface area contributed by atoms with Crippen LogP contribution < -0.4 is 0 Å². The lowest BCUT2D eigenvalue weighted by molar-refractivity contribution is -0.909. The maximum Gasteiger partial charge on any atom is 0.362 e. The van der Waals surface area contributed by atoms with Crippen molar-refractivity contribution in [1.82, 2.24) is 0 Å². The molecule has 18 heavy (non-hydrogen) atoms. The molecule has 0 aromatic heterocycles. The van der Waals surface area contributed by atoms with E-state index in [4.69, 9.17) is 0 Å². The van der Waals surface area contributed by atoms with E-state index in [2.05, 4.69) is 6.92 Å². The van der Waals surface area contributed by atoms with Gasteiger partial charge in [-0.25, -0.2) is 4.79 Å². The summed E-state index contributed by atoms with van der Waals surface area (Å²) in [6.45, 7) is 4.55. The second kappa shape index (κ2) is 8.48. The van der Waals surface area contributed by atoms with E-state index in [1.165, 1.54) is 12.8 Å². The maximum absolute atomic E-state index is 11.2. The molecule has 0 aromatic carbocycles. The fourth-order valence-electron chi connectivity index (χ4n) is 2.54. The van der Waals surface area contributed by atoms with Crippen LogP contribution in [-0.2, 0) is 4.79 Å². The van der Waals surface area contributed by atoms with Crippen LogP contribution in [0.25, 0.3) is 0 Å². The molecule has 2 atom stereocenters. The van der Waals surface area contributed by atoms with Gasteiger partial charge >= 0.3 is 5.97 Å². The predicted molar refractivity (Wildman–Crippen MR) is 73.5 cm³/mol. The number of aliphatic hydroxyl groups is 1. The van der Waals surface area contributed by atoms with Crippen molar-refractivity contribution in [2.45, 2.75) is 64.5 Å². The van der Waals surface area contributed by atoms with E-state index in [0.717, 1.165) is 19.3 Å². The Morgan fingerprint density at radius 2 is 1.78 bits per heavy atom. The highest BCUT2D eigenvalue weighted by molar-refractivity contribution is 5.72. The van der Waals surface area contributed by atoms with Crippen LogP contribution in [0.4, 0.5) is 0 Å². The Morgan fingerprint density at radius 1 is 1.17 bits per heavy atom. The van der Waals surface area contributed by atoms with Crippen LogP contribution in [0.1, 0.15) is 52.4 Å². The highest BCUT2D eigenvalue weighted by atomic mass is 16.4. The third kappa shape index (κ3) is 6.36. The summed E-state index contributed by atoms with van der Waals surface area (Å²) >= 11 is 0. The van der Waals surface area contributed by atoms with Gasteiger partial charge in [0, 0.05) is 6.42 Å². The Labute approximate surface area is 111 Å². The Kier molecular flexibility index (Phi) is 8.20. The molecule has 108 valence electrons. The molecule has 2 unspecified atom stereocenters. The van der Waals surface area contributed by atoms with Crippen molar-refractivity contribution in [3.05, 3.63) is 0 Å². The molecule has 0 aliphatic heterocycles. The van der Waals surface area contributed by atoms with Crippen molar-refractivity contribution in [1.29, 1.82) is 0 Å². The summed E-state index contributed by atoms with van der Waals surface area (Å²) in [4.78, 5) is 11.2. The summed E-state index contributed by atoms with van der Waals surface area (Å²) in [5, 5.41) is 19.2. The van der Waals surface area contributed by atoms with E-state index >= 15 is 0 Å². The van der Waals surface area contributed by atoms with Gasteiger partial charge in [0.1, 0.15) is 12.6 Å². The van der Waals surface area contributed by atoms with Crippen molar-refractivity contribution in [3.63, 3.8) is 0 Å². The number of nitrogens with zero attached hydrogens (tertiary/aromatic N) is 1. The van der Waals surface area contributed by atoms with E-state index in [0.29, 0.717) is 17.4 Å². The standard InChI is InChI=1S/C14H29NO3/c1-5-7-8-9-10-12(16)11-15(3,4)13(6-2)14(17)18/h12-13,16H,5-11H2,1-4H3/p+1. The number of aliphatic carboxylic acids is 1. The van der Waals surface area contributed by atoms with Gasteiger partial charge in [-0.3, -0.25) is 0 Å². The lowest BCUT2D eigenvalue weighted by atomic mass is 10.1. The van der Waals surface area contributed by atoms with E-state index in [1.54, 1.807) is 0 Å². The molecule has 0 fully saturated rings. The van der Waals surface area contributed by atoms with Gasteiger partial charge < -0.3 is 14.7 Å². The molecule has 0 amide bonds. The number of carboxylic acids is 1. The van der Waals surface area contributed by atoms with Crippen LogP contribution in [-0.4, -0.2) is 53.5 Å². The SMILES string of the molecule is CCCCCCC(O)C[N+](C)(C)C(CC)C(=O)O. The van der Waals surface area contributed by atoms with Gasteiger partial charge in [-0.15, -0.1) is 0 Å². The highest BCUT2D eigenvalue weighted by Crippen LogP contribution is 2.15. The molecule has 0 radical (unpaired) electrons. The van der Waals surface area contributed by atoms with Gasteiger partial charge in [0.05, 0.1) is 14.1 Å². The summed E-state index contributed by atoms with van der Waals surface area (Å²) in [6.07, 6.45) is 5.54. The summed E-state index contributed by atoms with van der Waals surface area (Å²) in [5.41, 5.74) is 0. The normalized spacial score (nSPS) is 15.4. The van der Waals surface area contributed by atoms with E-state index < -0.39 is 18.1 Å². The van der Waals surface area contributed by atoms with Crippen molar-refractivity contribution in [3.8, 4) is 0 Å². The fourth-order valence-corrected chi connectivity index (χ4v) is 2.54. The zero-order chi connectivity index (χ0) is 14.2. The lowest BCUT2D eigenvalue weighted by Gasteiger charge is -2.36. The van der Waals surface area contributed by atoms with Gasteiger partial charge in [0.2, 0.25) is 0 Å². The number of carbonyl (C=O) groups is 1. The smallest absolute Gasteiger partial charge is 0.362 e. The summed E-state index contributed by atoms with van der Waals surface area (Å²) in [7, 11) is 3.77. The second-order valence-electron chi connectivity index (χ2n) is 5.73. The molecule has 0 aromatic rings. The van der Waals surface area contributed by atoms with E-state index in [9.17, 15) is 15.0 Å². The zero-order valence-corrected chi connectivity index (χ0v) is 12.4. The number of hydrogen-bond donors (Lipinski definition) is 2. The van der Waals surface area contributed by atoms with E-state index in [1.807, 2.05) is 21.0 Å². The molecular formula is C14H30NO3+. The van der Waals surface area contributed by atoms with Crippen LogP contribution >= 0.6 is 0 Å². The van der Waals surface area contributed by atoms with Gasteiger partial charge in [0.25, 0.3) is 0 Å². The average Bonchev–Trinajstić information content (AvgIpc) is 2.23. The minimum Gasteiger partial charge on any atom is -0.477 e. The first-order chi connectivity index (χ1) is 8.35. The van der Waals surface area contributed by atoms with Gasteiger partial charge in [-0.2, -0.15) is 0 Å². The minimum atomic E-state index is -0.777. The lowest BCUT2D eigenvalue weighted by Crippen LogP contribution is -2.55. The molecule has 4 nitrogen and oxygen atoms in total. The summed E-state index contributed by atoms with van der Waals surface area (Å²) < 4.78 is 0.348. The fraction of sp³-hybridized carbons (Fsp3) is 0.929. The first kappa shape index (κ1) is 17.4. The number of likely N-dealkylation sites (N-methyl/N-ethyl adjacent to an activating group) is 1. The van der Waals surface area contributed by atoms with Crippen LogP contribution in [0.15, 0.2) is 0 Å². The van der Waals surface area contributed by atoms with Crippen LogP contribution in [0, 0.1) is 0 Å². The first-order valence-corrected chi connectivity index (χ1v) is 7.08. The molecule has 0 aliphatic carbocycles. The number of hydrogen-bond acceptors (Lipinski definition) is 2. The Morgan fingerprint density at radius 3 is 2.22 bits per heavy atom. The average molecular weight is 260 g/mol. The van der Waals surface area contributed by atoms with Gasteiger partial charge in [-0.1, -0.05) is 39.5 Å². The van der Waals surface area contributed by atoms with E-state index in [-0.39, 0.29) is 0 Å². The van der Waals surface area contributed by atoms with Gasteiger partial charge in [0.15, 0.2) is 6.04 Å². The van der Waals surface area contributed by atoms with Crippen molar-refractivity contribution in [2.75, 3.05) is 20.6 Å². The molecule has 0 heterocycles. The van der Waals surface area contributed by atoms with Crippen LogP contribution in [0.3, 0.4) is 0 Å². The molecule has 0 bridgehead atoms. The number of quaternary nitrogens is 1. The number of rotatable bonds is 10. The second-order valence-corrected chi connectivity index (χ2v) is 5.73. The summed E-state index contributed by atoms with van der Waals surface area (Å²) in [5.74, 6) is -0.777. The molecule has 0 spiro atoms. The quantitative estimate of drug-likeness (QED) is 0.468. The van der Waals surface area contributed by atoms with Gasteiger partial charge in [-0.05, 0) is 6.42 Å². The molecule has 4 heteroatoms. The first-order valence-electron chi connectivity index (χ1n) is 7.08. The number of unbranched alkanes of at least 4 members (excludes halogenated alkanes) is 3. The predicted octanol–water partition coefficient (Wildman–Crippen LogP) is 2.26. The van der Waals surface area contributed by atoms with Crippen molar-refractivity contribution in [2.24, 2.45) is 0 Å². The Hall–Kier alpha value is -0.610. The Bertz CT molecular complexity index is 241. The number of carboxylic acid groups (broad SMARTS) is 1. The third-order valence-electron chi connectivity index (χ3n) is 3.59. The number of aliphatic hydroxyl groups excluding tert-OH is 1. The molecule has 2 N–H and O–H groups in total. The molecular weight excluding hydrogens is 230 g/mol. The molecule has 0 rings (SSSR count). The Balaban J connectivity index is 4.17. The van der Waals surface area contributed by atoms with Crippen LogP contribution in [0.2, 0.25) is 0 Å².